The molecule has 17 heavy (non-hydrogen) atoms. The van der Waals surface area contributed by atoms with Crippen molar-refractivity contribution in [3.05, 3.63) is 17.8 Å². The first kappa shape index (κ1) is 10.8. The van der Waals surface area contributed by atoms with Gasteiger partial charge in [-0.1, -0.05) is 0 Å². The van der Waals surface area contributed by atoms with E-state index in [1.54, 1.807) is 0 Å². The average Bonchev–Trinajstić information content (AvgIpc) is 2.92. The first-order valence-corrected chi connectivity index (χ1v) is 6.12. The first-order chi connectivity index (χ1) is 8.18. The molecule has 0 bridgehead atoms. The van der Waals surface area contributed by atoms with Crippen LogP contribution in [0.15, 0.2) is 10.8 Å². The number of nitrogens with one attached hydrogen (secondary N) is 1. The number of amides is 1. The molecule has 92 valence electrons. The van der Waals surface area contributed by atoms with Gasteiger partial charge < -0.3 is 14.6 Å². The van der Waals surface area contributed by atoms with E-state index in [4.69, 9.17) is 4.42 Å². The molecule has 2 saturated heterocycles. The normalized spacial score (nSPS) is 31.9. The van der Waals surface area contributed by atoms with Crippen molar-refractivity contribution >= 4 is 5.91 Å². The second-order valence-corrected chi connectivity index (χ2v) is 5.05. The molecule has 5 heteroatoms. The Morgan fingerprint density at radius 1 is 1.59 bits per heavy atom. The van der Waals surface area contributed by atoms with E-state index in [0.717, 1.165) is 19.5 Å². The Labute approximate surface area is 100 Å². The van der Waals surface area contributed by atoms with Gasteiger partial charge in [-0.05, 0) is 26.2 Å². The van der Waals surface area contributed by atoms with Gasteiger partial charge >= 0.3 is 0 Å². The fraction of sp³-hybridized carbons (Fsp3) is 0.667. The standard InChI is InChI=1S/C12H17N3O2/c1-7-3-9-4-13-5-10(9)15(7)12(16)11-8(2)14-6-17-11/h6-7,9-10,13H,3-5H2,1-2H3. The molecule has 2 fully saturated rings. The Hall–Kier alpha value is -1.36. The highest BCUT2D eigenvalue weighted by Crippen LogP contribution is 2.33. The highest BCUT2D eigenvalue weighted by atomic mass is 16.3. The molecule has 5 nitrogen and oxygen atoms in total. The third-order valence-corrected chi connectivity index (χ3v) is 3.95. The maximum Gasteiger partial charge on any atom is 0.292 e. The minimum absolute atomic E-state index is 0.0105. The fourth-order valence-corrected chi connectivity index (χ4v) is 3.14. The van der Waals surface area contributed by atoms with E-state index in [0.29, 0.717) is 29.5 Å². The Kier molecular flexibility index (Phi) is 2.43. The van der Waals surface area contributed by atoms with Crippen LogP contribution in [0.5, 0.6) is 0 Å². The number of rotatable bonds is 1. The predicted molar refractivity (Wildman–Crippen MR) is 61.6 cm³/mol. The molecule has 2 aliphatic heterocycles. The lowest BCUT2D eigenvalue weighted by molar-refractivity contribution is 0.0648. The van der Waals surface area contributed by atoms with Crippen LogP contribution in [0.1, 0.15) is 29.6 Å². The second-order valence-electron chi connectivity index (χ2n) is 5.05. The van der Waals surface area contributed by atoms with Crippen molar-refractivity contribution in [2.45, 2.75) is 32.4 Å². The number of carbonyl (C=O) groups is 1. The van der Waals surface area contributed by atoms with E-state index in [1.807, 2.05) is 11.8 Å². The Morgan fingerprint density at radius 3 is 3.12 bits per heavy atom. The van der Waals surface area contributed by atoms with Crippen LogP contribution in [-0.2, 0) is 0 Å². The molecule has 1 N–H and O–H groups in total. The molecule has 2 aliphatic rings. The fourth-order valence-electron chi connectivity index (χ4n) is 3.14. The molecule has 3 heterocycles. The molecule has 0 aliphatic carbocycles. The molecule has 1 aromatic heterocycles. The summed E-state index contributed by atoms with van der Waals surface area (Å²) in [4.78, 5) is 18.4. The van der Waals surface area contributed by atoms with Gasteiger partial charge in [-0.15, -0.1) is 0 Å². The largest absolute Gasteiger partial charge is 0.438 e. The molecule has 0 radical (unpaired) electrons. The average molecular weight is 235 g/mol. The summed E-state index contributed by atoms with van der Waals surface area (Å²) in [5, 5.41) is 3.35. The van der Waals surface area contributed by atoms with Gasteiger partial charge in [-0.25, -0.2) is 4.98 Å². The lowest BCUT2D eigenvalue weighted by atomic mass is 10.0. The predicted octanol–water partition coefficient (Wildman–Crippen LogP) is 0.805. The van der Waals surface area contributed by atoms with Gasteiger partial charge in [0, 0.05) is 25.2 Å². The third-order valence-electron chi connectivity index (χ3n) is 3.95. The topological polar surface area (TPSA) is 58.4 Å². The molecule has 0 saturated carbocycles. The summed E-state index contributed by atoms with van der Waals surface area (Å²) in [6.07, 6.45) is 2.42. The molecule has 1 aromatic rings. The smallest absolute Gasteiger partial charge is 0.292 e. The number of aryl methyl sites for hydroxylation is 1. The van der Waals surface area contributed by atoms with Crippen molar-refractivity contribution in [2.24, 2.45) is 5.92 Å². The number of carbonyl (C=O) groups excluding carboxylic acids is 1. The number of hydrogen-bond acceptors (Lipinski definition) is 4. The van der Waals surface area contributed by atoms with E-state index in [-0.39, 0.29) is 5.91 Å². The Balaban J connectivity index is 1.88. The summed E-state index contributed by atoms with van der Waals surface area (Å²) < 4.78 is 5.21. The molecule has 0 aromatic carbocycles. The van der Waals surface area contributed by atoms with Crippen LogP contribution in [0.25, 0.3) is 0 Å². The van der Waals surface area contributed by atoms with Crippen molar-refractivity contribution in [3.63, 3.8) is 0 Å². The number of oxazole rings is 1. The maximum absolute atomic E-state index is 12.4. The van der Waals surface area contributed by atoms with E-state index < -0.39 is 0 Å². The number of fused-ring (bicyclic) bond motifs is 1. The van der Waals surface area contributed by atoms with Crippen molar-refractivity contribution in [1.29, 1.82) is 0 Å². The minimum Gasteiger partial charge on any atom is -0.438 e. The van der Waals surface area contributed by atoms with Crippen molar-refractivity contribution in [1.82, 2.24) is 15.2 Å². The van der Waals surface area contributed by atoms with E-state index >= 15 is 0 Å². The summed E-state index contributed by atoms with van der Waals surface area (Å²) in [5.74, 6) is 0.977. The van der Waals surface area contributed by atoms with E-state index in [1.165, 1.54) is 6.39 Å². The van der Waals surface area contributed by atoms with Crippen molar-refractivity contribution in [3.8, 4) is 0 Å². The van der Waals surface area contributed by atoms with Gasteiger partial charge in [0.2, 0.25) is 5.76 Å². The maximum atomic E-state index is 12.4. The van der Waals surface area contributed by atoms with Crippen LogP contribution in [0.3, 0.4) is 0 Å². The van der Waals surface area contributed by atoms with Gasteiger partial charge in [0.05, 0.1) is 5.69 Å². The van der Waals surface area contributed by atoms with Crippen LogP contribution in [0.4, 0.5) is 0 Å². The molecule has 1 amide bonds. The molecule has 0 spiro atoms. The van der Waals surface area contributed by atoms with Crippen LogP contribution in [0, 0.1) is 12.8 Å². The van der Waals surface area contributed by atoms with Crippen molar-refractivity contribution in [2.75, 3.05) is 13.1 Å². The summed E-state index contributed by atoms with van der Waals surface area (Å²) in [5.41, 5.74) is 0.677. The zero-order chi connectivity index (χ0) is 12.0. The number of nitrogens with zero attached hydrogens (tertiary/aromatic N) is 2. The quantitative estimate of drug-likeness (QED) is 0.782. The molecular formula is C12H17N3O2. The Bertz CT molecular complexity index is 443. The van der Waals surface area contributed by atoms with Crippen LogP contribution in [0.2, 0.25) is 0 Å². The molecular weight excluding hydrogens is 218 g/mol. The lowest BCUT2D eigenvalue weighted by Crippen LogP contribution is -2.42. The van der Waals surface area contributed by atoms with Crippen LogP contribution < -0.4 is 5.32 Å². The van der Waals surface area contributed by atoms with Gasteiger partial charge in [0.1, 0.15) is 0 Å². The van der Waals surface area contributed by atoms with Crippen LogP contribution >= 0.6 is 0 Å². The zero-order valence-electron chi connectivity index (χ0n) is 10.1. The zero-order valence-corrected chi connectivity index (χ0v) is 10.1. The van der Waals surface area contributed by atoms with E-state index in [9.17, 15) is 4.79 Å². The second kappa shape index (κ2) is 3.84. The number of likely N-dealkylation sites (tertiary alicyclic amines) is 1. The third kappa shape index (κ3) is 1.57. The summed E-state index contributed by atoms with van der Waals surface area (Å²) in [6.45, 7) is 5.84. The van der Waals surface area contributed by atoms with Gasteiger partial charge in [-0.3, -0.25) is 4.79 Å². The van der Waals surface area contributed by atoms with Gasteiger partial charge in [0.25, 0.3) is 5.91 Å². The molecule has 3 unspecified atom stereocenters. The molecule has 3 atom stereocenters. The lowest BCUT2D eigenvalue weighted by Gasteiger charge is -2.26. The van der Waals surface area contributed by atoms with Crippen molar-refractivity contribution < 1.29 is 9.21 Å². The van der Waals surface area contributed by atoms with E-state index in [2.05, 4.69) is 17.2 Å². The highest BCUT2D eigenvalue weighted by molar-refractivity contribution is 5.93. The highest BCUT2D eigenvalue weighted by Gasteiger charge is 2.45. The summed E-state index contributed by atoms with van der Waals surface area (Å²) in [6, 6.07) is 0.617. The monoisotopic (exact) mass is 235 g/mol. The number of aromatic nitrogens is 1. The number of hydrogen-bond donors (Lipinski definition) is 1. The van der Waals surface area contributed by atoms with Gasteiger partial charge in [-0.2, -0.15) is 0 Å². The van der Waals surface area contributed by atoms with Gasteiger partial charge in [0.15, 0.2) is 6.39 Å². The minimum atomic E-state index is -0.0105. The SMILES string of the molecule is Cc1ncoc1C(=O)N1C(C)CC2CNCC21. The Morgan fingerprint density at radius 2 is 2.41 bits per heavy atom. The first-order valence-electron chi connectivity index (χ1n) is 6.12. The summed E-state index contributed by atoms with van der Waals surface area (Å²) in [7, 11) is 0. The van der Waals surface area contributed by atoms with Crippen LogP contribution in [-0.4, -0.2) is 41.0 Å². The summed E-state index contributed by atoms with van der Waals surface area (Å²) >= 11 is 0. The molecule has 3 rings (SSSR count).